The Morgan fingerprint density at radius 3 is 2.79 bits per heavy atom. The van der Waals surface area contributed by atoms with E-state index in [4.69, 9.17) is 8.83 Å². The van der Waals surface area contributed by atoms with Crippen LogP contribution in [0.1, 0.15) is 24.5 Å². The lowest BCUT2D eigenvalue weighted by molar-refractivity contribution is 0.107. The summed E-state index contributed by atoms with van der Waals surface area (Å²) in [6, 6.07) is 10.1. The van der Waals surface area contributed by atoms with E-state index in [1.807, 2.05) is 11.8 Å². The molecular formula is C17H19N3O4. The van der Waals surface area contributed by atoms with Gasteiger partial charge in [0.05, 0.1) is 18.9 Å². The molecule has 0 spiro atoms. The molecule has 24 heavy (non-hydrogen) atoms. The number of nitrogens with zero attached hydrogens (tertiary/aromatic N) is 3. The van der Waals surface area contributed by atoms with E-state index in [1.54, 1.807) is 42.7 Å². The molecule has 2 heterocycles. The van der Waals surface area contributed by atoms with Crippen LogP contribution in [0.3, 0.4) is 0 Å². The topological polar surface area (TPSA) is 95.8 Å². The van der Waals surface area contributed by atoms with Crippen molar-refractivity contribution in [3.05, 3.63) is 54.1 Å². The Balaban J connectivity index is 1.64. The molecule has 7 nitrogen and oxygen atoms in total. The molecule has 0 bridgehead atoms. The zero-order valence-electron chi connectivity index (χ0n) is 13.3. The second-order valence-corrected chi connectivity index (χ2v) is 5.42. The van der Waals surface area contributed by atoms with E-state index < -0.39 is 6.10 Å². The number of aromatic hydroxyl groups is 1. The number of aromatic nitrogens is 2. The zero-order valence-corrected chi connectivity index (χ0v) is 13.3. The molecule has 2 aromatic heterocycles. The second kappa shape index (κ2) is 7.29. The van der Waals surface area contributed by atoms with Gasteiger partial charge < -0.3 is 19.0 Å². The number of hydrogen-bond acceptors (Lipinski definition) is 7. The van der Waals surface area contributed by atoms with Crippen LogP contribution in [0.15, 0.2) is 51.5 Å². The molecule has 0 saturated heterocycles. The van der Waals surface area contributed by atoms with E-state index in [-0.39, 0.29) is 5.75 Å². The van der Waals surface area contributed by atoms with Gasteiger partial charge in [-0.2, -0.15) is 0 Å². The third-order valence-electron chi connectivity index (χ3n) is 3.69. The highest BCUT2D eigenvalue weighted by Gasteiger charge is 2.17. The molecule has 1 atom stereocenters. The first-order valence-electron chi connectivity index (χ1n) is 7.71. The Bertz CT molecular complexity index is 770. The van der Waals surface area contributed by atoms with Crippen LogP contribution in [-0.2, 0) is 6.54 Å². The Hall–Kier alpha value is -2.64. The fourth-order valence-corrected chi connectivity index (χ4v) is 2.40. The number of hydrogen-bond donors (Lipinski definition) is 2. The van der Waals surface area contributed by atoms with Crippen LogP contribution < -0.4 is 0 Å². The van der Waals surface area contributed by atoms with Gasteiger partial charge in [-0.25, -0.2) is 0 Å². The van der Waals surface area contributed by atoms with Crippen LogP contribution in [0.5, 0.6) is 5.75 Å². The third-order valence-corrected chi connectivity index (χ3v) is 3.69. The van der Waals surface area contributed by atoms with Gasteiger partial charge >= 0.3 is 0 Å². The number of benzene rings is 1. The standard InChI is InChI=1S/C17H19N3O4/c1-2-20(10-14(22)12-5-3-6-13(21)9-12)11-16-18-19-17(24-16)15-7-4-8-23-15/h3-9,14,21-22H,2,10-11H2,1H3. The number of furan rings is 1. The number of aliphatic hydroxyl groups excluding tert-OH is 1. The first-order chi connectivity index (χ1) is 11.7. The molecule has 3 aromatic rings. The van der Waals surface area contributed by atoms with E-state index in [0.29, 0.717) is 42.7 Å². The summed E-state index contributed by atoms with van der Waals surface area (Å²) in [7, 11) is 0. The first-order valence-corrected chi connectivity index (χ1v) is 7.71. The van der Waals surface area contributed by atoms with Gasteiger partial charge in [0.15, 0.2) is 5.76 Å². The largest absolute Gasteiger partial charge is 0.508 e. The van der Waals surface area contributed by atoms with Crippen molar-refractivity contribution in [2.24, 2.45) is 0 Å². The van der Waals surface area contributed by atoms with Crippen molar-refractivity contribution in [1.29, 1.82) is 0 Å². The van der Waals surface area contributed by atoms with Gasteiger partial charge in [0, 0.05) is 6.54 Å². The Morgan fingerprint density at radius 1 is 1.21 bits per heavy atom. The lowest BCUT2D eigenvalue weighted by Gasteiger charge is -2.22. The number of likely N-dealkylation sites (N-methyl/N-ethyl adjacent to an activating group) is 1. The minimum Gasteiger partial charge on any atom is -0.508 e. The van der Waals surface area contributed by atoms with E-state index in [0.717, 1.165) is 0 Å². The molecule has 0 aliphatic carbocycles. The van der Waals surface area contributed by atoms with E-state index in [9.17, 15) is 10.2 Å². The predicted molar refractivity (Wildman–Crippen MR) is 86.0 cm³/mol. The first kappa shape index (κ1) is 16.2. The summed E-state index contributed by atoms with van der Waals surface area (Å²) in [4.78, 5) is 1.98. The monoisotopic (exact) mass is 329 g/mol. The van der Waals surface area contributed by atoms with Crippen molar-refractivity contribution in [2.75, 3.05) is 13.1 Å². The van der Waals surface area contributed by atoms with E-state index in [2.05, 4.69) is 10.2 Å². The minimum absolute atomic E-state index is 0.134. The zero-order chi connectivity index (χ0) is 16.9. The van der Waals surface area contributed by atoms with Crippen LogP contribution in [-0.4, -0.2) is 38.4 Å². The molecule has 0 fully saturated rings. The Labute approximate surface area is 139 Å². The molecule has 0 aliphatic rings. The summed E-state index contributed by atoms with van der Waals surface area (Å²) >= 11 is 0. The molecule has 0 aliphatic heterocycles. The van der Waals surface area contributed by atoms with Crippen molar-refractivity contribution in [2.45, 2.75) is 19.6 Å². The molecule has 0 radical (unpaired) electrons. The predicted octanol–water partition coefficient (Wildman–Crippen LogP) is 2.59. The maximum Gasteiger partial charge on any atom is 0.283 e. The lowest BCUT2D eigenvalue weighted by Crippen LogP contribution is -2.28. The molecule has 1 aromatic carbocycles. The molecule has 0 amide bonds. The molecule has 2 N–H and O–H groups in total. The second-order valence-electron chi connectivity index (χ2n) is 5.42. The highest BCUT2D eigenvalue weighted by molar-refractivity contribution is 5.42. The molecule has 126 valence electrons. The molecule has 3 rings (SSSR count). The Morgan fingerprint density at radius 2 is 2.08 bits per heavy atom. The van der Waals surface area contributed by atoms with Gasteiger partial charge in [-0.3, -0.25) is 4.90 Å². The molecular weight excluding hydrogens is 310 g/mol. The molecule has 1 unspecified atom stereocenters. The summed E-state index contributed by atoms with van der Waals surface area (Å²) < 4.78 is 10.8. The van der Waals surface area contributed by atoms with Gasteiger partial charge in [0.25, 0.3) is 5.89 Å². The maximum atomic E-state index is 10.3. The van der Waals surface area contributed by atoms with Gasteiger partial charge in [0.1, 0.15) is 5.75 Å². The average Bonchev–Trinajstić information content (AvgIpc) is 3.25. The van der Waals surface area contributed by atoms with Crippen molar-refractivity contribution in [3.8, 4) is 17.4 Å². The Kier molecular flexibility index (Phi) is 4.93. The van der Waals surface area contributed by atoms with Crippen LogP contribution in [0.4, 0.5) is 0 Å². The number of rotatable bonds is 7. The average molecular weight is 329 g/mol. The number of aliphatic hydroxyl groups is 1. The van der Waals surface area contributed by atoms with E-state index >= 15 is 0 Å². The highest BCUT2D eigenvalue weighted by atomic mass is 16.4. The summed E-state index contributed by atoms with van der Waals surface area (Å²) in [5.41, 5.74) is 0.662. The van der Waals surface area contributed by atoms with Gasteiger partial charge in [-0.15, -0.1) is 10.2 Å². The molecule has 7 heteroatoms. The van der Waals surface area contributed by atoms with Crippen molar-refractivity contribution < 1.29 is 19.0 Å². The quantitative estimate of drug-likeness (QED) is 0.688. The van der Waals surface area contributed by atoms with Crippen molar-refractivity contribution in [1.82, 2.24) is 15.1 Å². The van der Waals surface area contributed by atoms with Crippen LogP contribution in [0.25, 0.3) is 11.7 Å². The maximum absolute atomic E-state index is 10.3. The molecule has 0 saturated carbocycles. The van der Waals surface area contributed by atoms with Crippen molar-refractivity contribution in [3.63, 3.8) is 0 Å². The highest BCUT2D eigenvalue weighted by Crippen LogP contribution is 2.21. The summed E-state index contributed by atoms with van der Waals surface area (Å²) in [5, 5.41) is 27.8. The van der Waals surface area contributed by atoms with Crippen LogP contribution in [0, 0.1) is 0 Å². The summed E-state index contributed by atoms with van der Waals surface area (Å²) in [5.74, 6) is 1.44. The number of phenols is 1. The normalized spacial score (nSPS) is 12.6. The smallest absolute Gasteiger partial charge is 0.283 e. The SMILES string of the molecule is CCN(Cc1nnc(-c2ccco2)o1)CC(O)c1cccc(O)c1. The van der Waals surface area contributed by atoms with E-state index in [1.165, 1.54) is 0 Å². The van der Waals surface area contributed by atoms with Crippen molar-refractivity contribution >= 4 is 0 Å². The van der Waals surface area contributed by atoms with Gasteiger partial charge in [-0.05, 0) is 36.4 Å². The van der Waals surface area contributed by atoms with Crippen LogP contribution >= 0.6 is 0 Å². The minimum atomic E-state index is -0.718. The fourth-order valence-electron chi connectivity index (χ4n) is 2.40. The van der Waals surface area contributed by atoms with Crippen LogP contribution in [0.2, 0.25) is 0 Å². The summed E-state index contributed by atoms with van der Waals surface area (Å²) in [6.45, 7) is 3.49. The summed E-state index contributed by atoms with van der Waals surface area (Å²) in [6.07, 6.45) is 0.827. The fraction of sp³-hybridized carbons (Fsp3) is 0.294. The lowest BCUT2D eigenvalue weighted by atomic mass is 10.1. The third kappa shape index (κ3) is 3.81. The van der Waals surface area contributed by atoms with Gasteiger partial charge in [-0.1, -0.05) is 19.1 Å². The van der Waals surface area contributed by atoms with Gasteiger partial charge in [0.2, 0.25) is 5.89 Å². The number of phenolic OH excluding ortho intramolecular Hbond substituents is 1.